The third-order valence-electron chi connectivity index (χ3n) is 2.50. The third kappa shape index (κ3) is 2.16. The monoisotopic (exact) mass is 219 g/mol. The van der Waals surface area contributed by atoms with Crippen molar-refractivity contribution < 1.29 is 14.6 Å². The van der Waals surface area contributed by atoms with Crippen molar-refractivity contribution in [3.8, 4) is 5.75 Å². The highest BCUT2D eigenvalue weighted by Crippen LogP contribution is 2.31. The molecule has 0 amide bonds. The van der Waals surface area contributed by atoms with Crippen molar-refractivity contribution in [1.82, 2.24) is 0 Å². The molecule has 0 atom stereocenters. The number of nitrogens with zero attached hydrogens (tertiary/aromatic N) is 1. The van der Waals surface area contributed by atoms with Crippen LogP contribution < -0.4 is 9.64 Å². The Labute approximate surface area is 93.8 Å². The van der Waals surface area contributed by atoms with Gasteiger partial charge in [0.05, 0.1) is 12.2 Å². The van der Waals surface area contributed by atoms with Crippen molar-refractivity contribution in [3.05, 3.63) is 29.8 Å². The molecule has 0 bridgehead atoms. The van der Waals surface area contributed by atoms with Crippen LogP contribution in [0.3, 0.4) is 0 Å². The lowest BCUT2D eigenvalue weighted by Crippen LogP contribution is -2.28. The Morgan fingerprint density at radius 2 is 2.38 bits per heavy atom. The molecule has 0 spiro atoms. The standard InChI is InChI=1S/C12H13NO3/c1-13-6-7-16-11-4-2-9(8-10(11)13)3-5-12(14)15/h2-5,8H,6-7H2,1H3,(H,14,15)/b5-3+. The van der Waals surface area contributed by atoms with Gasteiger partial charge in [-0.05, 0) is 23.8 Å². The summed E-state index contributed by atoms with van der Waals surface area (Å²) in [7, 11) is 1.99. The molecule has 1 aliphatic rings. The van der Waals surface area contributed by atoms with E-state index in [1.165, 1.54) is 0 Å². The molecule has 4 nitrogen and oxygen atoms in total. The molecular weight excluding hydrogens is 206 g/mol. The average molecular weight is 219 g/mol. The summed E-state index contributed by atoms with van der Waals surface area (Å²) in [5.74, 6) is -0.0939. The van der Waals surface area contributed by atoms with Gasteiger partial charge in [-0.25, -0.2) is 4.79 Å². The van der Waals surface area contributed by atoms with E-state index in [4.69, 9.17) is 9.84 Å². The number of anilines is 1. The summed E-state index contributed by atoms with van der Waals surface area (Å²) >= 11 is 0. The molecule has 0 radical (unpaired) electrons. The second-order valence-electron chi connectivity index (χ2n) is 3.67. The number of benzene rings is 1. The number of ether oxygens (including phenoxy) is 1. The van der Waals surface area contributed by atoms with E-state index < -0.39 is 5.97 Å². The van der Waals surface area contributed by atoms with E-state index in [-0.39, 0.29) is 0 Å². The van der Waals surface area contributed by atoms with Crippen molar-refractivity contribution in [2.75, 3.05) is 25.1 Å². The highest BCUT2D eigenvalue weighted by Gasteiger charge is 2.14. The number of hydrogen-bond acceptors (Lipinski definition) is 3. The Balaban J connectivity index is 2.30. The van der Waals surface area contributed by atoms with Crippen LogP contribution in [0.4, 0.5) is 5.69 Å². The van der Waals surface area contributed by atoms with Gasteiger partial charge in [-0.1, -0.05) is 6.07 Å². The van der Waals surface area contributed by atoms with E-state index in [1.54, 1.807) is 6.08 Å². The van der Waals surface area contributed by atoms with Crippen molar-refractivity contribution in [3.63, 3.8) is 0 Å². The fraction of sp³-hybridized carbons (Fsp3) is 0.250. The van der Waals surface area contributed by atoms with Crippen LogP contribution in [0.1, 0.15) is 5.56 Å². The van der Waals surface area contributed by atoms with Gasteiger partial charge >= 0.3 is 5.97 Å². The number of carboxylic acids is 1. The maximum atomic E-state index is 10.4. The summed E-state index contributed by atoms with van der Waals surface area (Å²) in [6.07, 6.45) is 2.70. The number of aliphatic carboxylic acids is 1. The zero-order chi connectivity index (χ0) is 11.5. The molecule has 1 N–H and O–H groups in total. The molecule has 0 saturated heterocycles. The molecule has 2 rings (SSSR count). The molecule has 0 aliphatic carbocycles. The molecule has 1 aliphatic heterocycles. The Kier molecular flexibility index (Phi) is 2.81. The number of carbonyl (C=O) groups is 1. The summed E-state index contributed by atoms with van der Waals surface area (Å²) in [4.78, 5) is 12.5. The van der Waals surface area contributed by atoms with Gasteiger partial charge in [-0.2, -0.15) is 0 Å². The molecule has 1 heterocycles. The fourth-order valence-corrected chi connectivity index (χ4v) is 1.64. The predicted molar refractivity (Wildman–Crippen MR) is 61.9 cm³/mol. The summed E-state index contributed by atoms with van der Waals surface area (Å²) in [6, 6.07) is 5.64. The summed E-state index contributed by atoms with van der Waals surface area (Å²) in [5, 5.41) is 8.54. The van der Waals surface area contributed by atoms with E-state index in [0.29, 0.717) is 6.61 Å². The van der Waals surface area contributed by atoms with Gasteiger partial charge in [0.1, 0.15) is 12.4 Å². The van der Waals surface area contributed by atoms with Gasteiger partial charge in [0.2, 0.25) is 0 Å². The minimum absolute atomic E-state index is 0.688. The first kappa shape index (κ1) is 10.5. The first-order chi connectivity index (χ1) is 7.66. The molecule has 0 aromatic heterocycles. The quantitative estimate of drug-likeness (QED) is 0.768. The minimum Gasteiger partial charge on any atom is -0.490 e. The Bertz CT molecular complexity index is 440. The highest BCUT2D eigenvalue weighted by atomic mass is 16.5. The molecule has 1 aromatic carbocycles. The van der Waals surface area contributed by atoms with Crippen molar-refractivity contribution in [2.45, 2.75) is 0 Å². The van der Waals surface area contributed by atoms with Gasteiger partial charge < -0.3 is 14.7 Å². The molecule has 0 unspecified atom stereocenters. The predicted octanol–water partition coefficient (Wildman–Crippen LogP) is 1.61. The van der Waals surface area contributed by atoms with E-state index in [0.717, 1.165) is 29.6 Å². The Hall–Kier alpha value is -1.97. The smallest absolute Gasteiger partial charge is 0.328 e. The number of hydrogen-bond donors (Lipinski definition) is 1. The number of rotatable bonds is 2. The zero-order valence-electron chi connectivity index (χ0n) is 9.01. The van der Waals surface area contributed by atoms with Crippen molar-refractivity contribution in [1.29, 1.82) is 0 Å². The molecule has 0 saturated carbocycles. The second kappa shape index (κ2) is 4.26. The zero-order valence-corrected chi connectivity index (χ0v) is 9.01. The maximum absolute atomic E-state index is 10.4. The maximum Gasteiger partial charge on any atom is 0.328 e. The van der Waals surface area contributed by atoms with Crippen LogP contribution in [0.5, 0.6) is 5.75 Å². The molecule has 1 aromatic rings. The topological polar surface area (TPSA) is 49.8 Å². The molecule has 4 heteroatoms. The molecule has 16 heavy (non-hydrogen) atoms. The normalized spacial score (nSPS) is 14.7. The van der Waals surface area contributed by atoms with Gasteiger partial charge in [0, 0.05) is 13.1 Å². The van der Waals surface area contributed by atoms with E-state index >= 15 is 0 Å². The average Bonchev–Trinajstić information content (AvgIpc) is 2.27. The van der Waals surface area contributed by atoms with Crippen LogP contribution in [0.15, 0.2) is 24.3 Å². The van der Waals surface area contributed by atoms with Crippen molar-refractivity contribution in [2.24, 2.45) is 0 Å². The highest BCUT2D eigenvalue weighted by molar-refractivity contribution is 5.85. The van der Waals surface area contributed by atoms with Crippen LogP contribution in [0, 0.1) is 0 Å². The van der Waals surface area contributed by atoms with E-state index in [9.17, 15) is 4.79 Å². The first-order valence-corrected chi connectivity index (χ1v) is 5.06. The fourth-order valence-electron chi connectivity index (χ4n) is 1.64. The number of likely N-dealkylation sites (N-methyl/N-ethyl adjacent to an activating group) is 1. The Morgan fingerprint density at radius 3 is 3.12 bits per heavy atom. The van der Waals surface area contributed by atoms with Gasteiger partial charge in [-0.15, -0.1) is 0 Å². The molecule has 84 valence electrons. The number of fused-ring (bicyclic) bond motifs is 1. The minimum atomic E-state index is -0.942. The lowest BCUT2D eigenvalue weighted by Gasteiger charge is -2.27. The lowest BCUT2D eigenvalue weighted by molar-refractivity contribution is -0.131. The lowest BCUT2D eigenvalue weighted by atomic mass is 10.1. The summed E-state index contributed by atoms with van der Waals surface area (Å²) < 4.78 is 5.49. The molecule has 0 fully saturated rings. The van der Waals surface area contributed by atoms with Crippen LogP contribution >= 0.6 is 0 Å². The summed E-state index contributed by atoms with van der Waals surface area (Å²) in [5.41, 5.74) is 1.86. The Morgan fingerprint density at radius 1 is 1.56 bits per heavy atom. The third-order valence-corrected chi connectivity index (χ3v) is 2.50. The SMILES string of the molecule is CN1CCOc2ccc(/C=C/C(=O)O)cc21. The summed E-state index contributed by atoms with van der Waals surface area (Å²) in [6.45, 7) is 1.53. The van der Waals surface area contributed by atoms with Gasteiger partial charge in [-0.3, -0.25) is 0 Å². The van der Waals surface area contributed by atoms with Gasteiger partial charge in [0.15, 0.2) is 0 Å². The van der Waals surface area contributed by atoms with Crippen LogP contribution in [0.2, 0.25) is 0 Å². The van der Waals surface area contributed by atoms with Crippen molar-refractivity contribution >= 4 is 17.7 Å². The van der Waals surface area contributed by atoms with Crippen LogP contribution in [-0.4, -0.2) is 31.3 Å². The van der Waals surface area contributed by atoms with E-state index in [2.05, 4.69) is 4.90 Å². The van der Waals surface area contributed by atoms with Gasteiger partial charge in [0.25, 0.3) is 0 Å². The second-order valence-corrected chi connectivity index (χ2v) is 3.67. The number of carboxylic acid groups (broad SMARTS) is 1. The van der Waals surface area contributed by atoms with Crippen LogP contribution in [0.25, 0.3) is 6.08 Å². The molecular formula is C12H13NO3. The van der Waals surface area contributed by atoms with E-state index in [1.807, 2.05) is 25.2 Å². The van der Waals surface area contributed by atoms with Crippen LogP contribution in [-0.2, 0) is 4.79 Å². The first-order valence-electron chi connectivity index (χ1n) is 5.06. The largest absolute Gasteiger partial charge is 0.490 e.